The van der Waals surface area contributed by atoms with Gasteiger partial charge in [0.15, 0.2) is 6.61 Å². The van der Waals surface area contributed by atoms with Crippen LogP contribution in [0.4, 0.5) is 5.69 Å². The van der Waals surface area contributed by atoms with Gasteiger partial charge in [-0.25, -0.2) is 8.42 Å². The molecule has 1 amide bonds. The lowest BCUT2D eigenvalue weighted by Crippen LogP contribution is -2.35. The molecular weight excluding hydrogens is 436 g/mol. The number of sulfonamides is 1. The highest BCUT2D eigenvalue weighted by Crippen LogP contribution is 2.30. The van der Waals surface area contributed by atoms with Gasteiger partial charge in [-0.2, -0.15) is 4.31 Å². The van der Waals surface area contributed by atoms with E-state index in [1.807, 2.05) is 61.5 Å². The molecule has 0 atom stereocenters. The summed E-state index contributed by atoms with van der Waals surface area (Å²) >= 11 is 0. The second kappa shape index (κ2) is 10.2. The van der Waals surface area contributed by atoms with Gasteiger partial charge in [-0.3, -0.25) is 4.79 Å². The number of nitrogens with one attached hydrogen (secondary N) is 1. The predicted molar refractivity (Wildman–Crippen MR) is 130 cm³/mol. The van der Waals surface area contributed by atoms with Gasteiger partial charge in [0, 0.05) is 24.3 Å². The van der Waals surface area contributed by atoms with Crippen molar-refractivity contribution in [3.05, 3.63) is 78.4 Å². The van der Waals surface area contributed by atoms with Crippen molar-refractivity contribution in [1.82, 2.24) is 4.31 Å². The SMILES string of the molecule is Cc1ccc(S(=O)(=O)N2CCCCC2)cc1NC(=O)COc1ccccc1-c1ccccc1. The summed E-state index contributed by atoms with van der Waals surface area (Å²) in [5, 5.41) is 2.81. The molecule has 3 aromatic rings. The minimum atomic E-state index is -3.58. The number of amides is 1. The van der Waals surface area contributed by atoms with Gasteiger partial charge < -0.3 is 10.1 Å². The van der Waals surface area contributed by atoms with Gasteiger partial charge in [-0.15, -0.1) is 0 Å². The van der Waals surface area contributed by atoms with Crippen LogP contribution in [0, 0.1) is 6.92 Å². The van der Waals surface area contributed by atoms with Gasteiger partial charge in [0.05, 0.1) is 4.90 Å². The molecular formula is C26H28N2O4S. The molecule has 3 aromatic carbocycles. The summed E-state index contributed by atoms with van der Waals surface area (Å²) < 4.78 is 33.4. The zero-order valence-electron chi connectivity index (χ0n) is 18.7. The molecule has 0 aromatic heterocycles. The number of aryl methyl sites for hydroxylation is 1. The fraction of sp³-hybridized carbons (Fsp3) is 0.269. The number of carbonyl (C=O) groups is 1. The molecule has 1 aliphatic rings. The summed E-state index contributed by atoms with van der Waals surface area (Å²) in [4.78, 5) is 12.8. The molecule has 1 heterocycles. The molecule has 172 valence electrons. The quantitative estimate of drug-likeness (QED) is 0.542. The van der Waals surface area contributed by atoms with Crippen LogP contribution in [0.25, 0.3) is 11.1 Å². The number of carbonyl (C=O) groups excluding carboxylic acids is 1. The molecule has 7 heteroatoms. The van der Waals surface area contributed by atoms with E-state index in [0.717, 1.165) is 36.0 Å². The molecule has 0 radical (unpaired) electrons. The van der Waals surface area contributed by atoms with Gasteiger partial charge >= 0.3 is 0 Å². The largest absolute Gasteiger partial charge is 0.483 e. The first kappa shape index (κ1) is 23.0. The summed E-state index contributed by atoms with van der Waals surface area (Å²) in [7, 11) is -3.58. The van der Waals surface area contributed by atoms with E-state index in [9.17, 15) is 13.2 Å². The number of ether oxygens (including phenoxy) is 1. The van der Waals surface area contributed by atoms with E-state index in [1.54, 1.807) is 12.1 Å². The standard InChI is InChI=1S/C26H28N2O4S/c1-20-14-15-22(33(30,31)28-16-8-3-9-17-28)18-24(20)27-26(29)19-32-25-13-7-6-12-23(25)21-10-4-2-5-11-21/h2,4-7,10-15,18H,3,8-9,16-17,19H2,1H3,(H,27,29). The molecule has 6 nitrogen and oxygen atoms in total. The molecule has 1 fully saturated rings. The maximum absolute atomic E-state index is 13.0. The second-order valence-corrected chi connectivity index (χ2v) is 10.1. The molecule has 0 spiro atoms. The fourth-order valence-electron chi connectivity index (χ4n) is 3.93. The number of benzene rings is 3. The number of hydrogen-bond acceptors (Lipinski definition) is 4. The average Bonchev–Trinajstić information content (AvgIpc) is 2.85. The minimum absolute atomic E-state index is 0.188. The van der Waals surface area contributed by atoms with E-state index in [2.05, 4.69) is 5.32 Å². The molecule has 1 saturated heterocycles. The van der Waals surface area contributed by atoms with Gasteiger partial charge in [0.1, 0.15) is 5.75 Å². The van der Waals surface area contributed by atoms with Crippen LogP contribution >= 0.6 is 0 Å². The lowest BCUT2D eigenvalue weighted by molar-refractivity contribution is -0.118. The first-order valence-corrected chi connectivity index (χ1v) is 12.6. The van der Waals surface area contributed by atoms with Crippen LogP contribution < -0.4 is 10.1 Å². The van der Waals surface area contributed by atoms with Crippen molar-refractivity contribution >= 4 is 21.6 Å². The number of rotatable bonds is 7. The minimum Gasteiger partial charge on any atom is -0.483 e. The van der Waals surface area contributed by atoms with Crippen LogP contribution in [-0.4, -0.2) is 38.3 Å². The monoisotopic (exact) mass is 464 g/mol. The Morgan fingerprint density at radius 2 is 1.64 bits per heavy atom. The molecule has 0 saturated carbocycles. The number of hydrogen-bond donors (Lipinski definition) is 1. The molecule has 1 aliphatic heterocycles. The predicted octanol–water partition coefficient (Wildman–Crippen LogP) is 4.85. The van der Waals surface area contributed by atoms with E-state index in [4.69, 9.17) is 4.74 Å². The number of nitrogens with zero attached hydrogens (tertiary/aromatic N) is 1. The van der Waals surface area contributed by atoms with Gasteiger partial charge in [-0.1, -0.05) is 61.0 Å². The normalized spacial score (nSPS) is 14.6. The second-order valence-electron chi connectivity index (χ2n) is 8.14. The van der Waals surface area contributed by atoms with Crippen LogP contribution in [0.5, 0.6) is 5.75 Å². The summed E-state index contributed by atoms with van der Waals surface area (Å²) in [6, 6.07) is 22.2. The topological polar surface area (TPSA) is 75.7 Å². The first-order valence-electron chi connectivity index (χ1n) is 11.1. The van der Waals surface area contributed by atoms with Gasteiger partial charge in [-0.05, 0) is 49.1 Å². The van der Waals surface area contributed by atoms with Crippen molar-refractivity contribution in [1.29, 1.82) is 0 Å². The Labute approximate surface area is 195 Å². The third-order valence-corrected chi connectivity index (χ3v) is 7.66. The highest BCUT2D eigenvalue weighted by Gasteiger charge is 2.26. The molecule has 33 heavy (non-hydrogen) atoms. The molecule has 0 aliphatic carbocycles. The van der Waals surface area contributed by atoms with Crippen LogP contribution in [0.15, 0.2) is 77.7 Å². The van der Waals surface area contributed by atoms with Crippen LogP contribution in [0.1, 0.15) is 24.8 Å². The van der Waals surface area contributed by atoms with E-state index in [-0.39, 0.29) is 17.4 Å². The average molecular weight is 465 g/mol. The van der Waals surface area contributed by atoms with Crippen molar-refractivity contribution in [2.24, 2.45) is 0 Å². The Bertz CT molecular complexity index is 1220. The van der Waals surface area contributed by atoms with Crippen LogP contribution in [-0.2, 0) is 14.8 Å². The van der Waals surface area contributed by atoms with E-state index in [1.165, 1.54) is 10.4 Å². The summed E-state index contributed by atoms with van der Waals surface area (Å²) in [6.45, 7) is 2.71. The Morgan fingerprint density at radius 3 is 2.39 bits per heavy atom. The van der Waals surface area contributed by atoms with Crippen LogP contribution in [0.2, 0.25) is 0 Å². The first-order chi connectivity index (χ1) is 15.9. The molecule has 0 bridgehead atoms. The van der Waals surface area contributed by atoms with Crippen molar-refractivity contribution in [3.63, 3.8) is 0 Å². The number of piperidine rings is 1. The van der Waals surface area contributed by atoms with E-state index < -0.39 is 10.0 Å². The van der Waals surface area contributed by atoms with E-state index in [0.29, 0.717) is 24.5 Å². The lowest BCUT2D eigenvalue weighted by Gasteiger charge is -2.26. The number of anilines is 1. The highest BCUT2D eigenvalue weighted by molar-refractivity contribution is 7.89. The van der Waals surface area contributed by atoms with Gasteiger partial charge in [0.2, 0.25) is 10.0 Å². The molecule has 0 unspecified atom stereocenters. The zero-order valence-corrected chi connectivity index (χ0v) is 19.5. The third kappa shape index (κ3) is 5.43. The van der Waals surface area contributed by atoms with E-state index >= 15 is 0 Å². The van der Waals surface area contributed by atoms with Crippen LogP contribution in [0.3, 0.4) is 0 Å². The maximum Gasteiger partial charge on any atom is 0.262 e. The zero-order chi connectivity index (χ0) is 23.3. The van der Waals surface area contributed by atoms with Crippen molar-refractivity contribution < 1.29 is 17.9 Å². The Hall–Kier alpha value is -3.16. The van der Waals surface area contributed by atoms with Crippen molar-refractivity contribution in [2.45, 2.75) is 31.1 Å². The fourth-order valence-corrected chi connectivity index (χ4v) is 5.47. The van der Waals surface area contributed by atoms with Crippen molar-refractivity contribution in [3.8, 4) is 16.9 Å². The Kier molecular flexibility index (Phi) is 7.11. The third-order valence-electron chi connectivity index (χ3n) is 5.77. The molecule has 4 rings (SSSR count). The number of para-hydroxylation sites is 1. The van der Waals surface area contributed by atoms with Gasteiger partial charge in [0.25, 0.3) is 5.91 Å². The highest BCUT2D eigenvalue weighted by atomic mass is 32.2. The Balaban J connectivity index is 1.46. The summed E-state index contributed by atoms with van der Waals surface area (Å²) in [5.74, 6) is 0.255. The Morgan fingerprint density at radius 1 is 0.939 bits per heavy atom. The van der Waals surface area contributed by atoms with Crippen molar-refractivity contribution in [2.75, 3.05) is 25.0 Å². The summed E-state index contributed by atoms with van der Waals surface area (Å²) in [6.07, 6.45) is 2.79. The lowest BCUT2D eigenvalue weighted by atomic mass is 10.1. The molecule has 1 N–H and O–H groups in total. The maximum atomic E-state index is 13.0. The smallest absolute Gasteiger partial charge is 0.262 e. The summed E-state index contributed by atoms with van der Waals surface area (Å²) in [5.41, 5.74) is 3.15.